The molecule has 0 spiro atoms. The van der Waals surface area contributed by atoms with Crippen molar-refractivity contribution in [3.8, 4) is 5.75 Å². The quantitative estimate of drug-likeness (QED) is 0.863. The van der Waals surface area contributed by atoms with Crippen molar-refractivity contribution < 1.29 is 5.11 Å². The second kappa shape index (κ2) is 6.34. The highest BCUT2D eigenvalue weighted by Crippen LogP contribution is 2.17. The molecule has 3 nitrogen and oxygen atoms in total. The largest absolute Gasteiger partial charge is 0.508 e. The monoisotopic (exact) mass is 256 g/mol. The van der Waals surface area contributed by atoms with Gasteiger partial charge in [0.1, 0.15) is 5.75 Å². The third kappa shape index (κ3) is 3.55. The van der Waals surface area contributed by atoms with Gasteiger partial charge < -0.3 is 10.4 Å². The molecule has 2 rings (SSSR count). The highest BCUT2D eigenvalue weighted by Gasteiger charge is 2.07. The molecule has 1 aromatic heterocycles. The van der Waals surface area contributed by atoms with E-state index in [9.17, 15) is 5.11 Å². The molecule has 2 N–H and O–H groups in total. The minimum atomic E-state index is 0.229. The number of pyridine rings is 1. The van der Waals surface area contributed by atoms with Crippen molar-refractivity contribution in [2.45, 2.75) is 32.9 Å². The van der Waals surface area contributed by atoms with Crippen LogP contribution in [0.5, 0.6) is 5.75 Å². The van der Waals surface area contributed by atoms with Gasteiger partial charge in [-0.1, -0.05) is 25.1 Å². The number of phenols is 1. The van der Waals surface area contributed by atoms with E-state index >= 15 is 0 Å². The van der Waals surface area contributed by atoms with Crippen molar-refractivity contribution in [1.29, 1.82) is 0 Å². The molecule has 19 heavy (non-hydrogen) atoms. The van der Waals surface area contributed by atoms with Gasteiger partial charge in [0, 0.05) is 18.8 Å². The first-order valence-electron chi connectivity index (χ1n) is 6.65. The number of aryl methyl sites for hydroxylation is 1. The van der Waals surface area contributed by atoms with Crippen LogP contribution in [-0.4, -0.2) is 10.1 Å². The van der Waals surface area contributed by atoms with Crippen LogP contribution >= 0.6 is 0 Å². The van der Waals surface area contributed by atoms with Crippen LogP contribution in [0.3, 0.4) is 0 Å². The third-order valence-corrected chi connectivity index (χ3v) is 3.33. The van der Waals surface area contributed by atoms with Crippen molar-refractivity contribution in [1.82, 2.24) is 10.3 Å². The lowest BCUT2D eigenvalue weighted by Crippen LogP contribution is -2.19. The molecule has 1 heterocycles. The molecule has 100 valence electrons. The molecule has 0 bridgehead atoms. The van der Waals surface area contributed by atoms with Gasteiger partial charge in [0.05, 0.1) is 5.69 Å². The first kappa shape index (κ1) is 13.6. The highest BCUT2D eigenvalue weighted by molar-refractivity contribution is 5.28. The second-order valence-corrected chi connectivity index (χ2v) is 4.66. The highest BCUT2D eigenvalue weighted by atomic mass is 16.3. The summed E-state index contributed by atoms with van der Waals surface area (Å²) in [5, 5.41) is 12.7. The van der Waals surface area contributed by atoms with E-state index in [4.69, 9.17) is 0 Å². The molecule has 0 aliphatic carbocycles. The van der Waals surface area contributed by atoms with Crippen LogP contribution in [0.4, 0.5) is 0 Å². The molecular weight excluding hydrogens is 236 g/mol. The Balaban J connectivity index is 2.00. The standard InChI is InChI=1S/C16H20N2O/c1-3-13-5-4-10-17-16(13)11-18-12(2)14-6-8-15(19)9-7-14/h4-10,12,18-19H,3,11H2,1-2H3. The van der Waals surface area contributed by atoms with E-state index in [1.807, 2.05) is 24.4 Å². The van der Waals surface area contributed by atoms with Gasteiger partial charge in [-0.3, -0.25) is 4.98 Å². The van der Waals surface area contributed by atoms with Gasteiger partial charge in [-0.2, -0.15) is 0 Å². The third-order valence-electron chi connectivity index (χ3n) is 3.33. The van der Waals surface area contributed by atoms with Gasteiger partial charge in [0.2, 0.25) is 0 Å². The first-order chi connectivity index (χ1) is 9.20. The summed E-state index contributed by atoms with van der Waals surface area (Å²) in [6.45, 7) is 5.01. The predicted molar refractivity (Wildman–Crippen MR) is 77.0 cm³/mol. The zero-order valence-corrected chi connectivity index (χ0v) is 11.4. The molecule has 0 aliphatic heterocycles. The Morgan fingerprint density at radius 3 is 2.63 bits per heavy atom. The normalized spacial score (nSPS) is 12.3. The molecule has 0 saturated heterocycles. The van der Waals surface area contributed by atoms with Crippen molar-refractivity contribution >= 4 is 0 Å². The van der Waals surface area contributed by atoms with Crippen LogP contribution in [0.2, 0.25) is 0 Å². The fourth-order valence-corrected chi connectivity index (χ4v) is 2.08. The average Bonchev–Trinajstić information content (AvgIpc) is 2.45. The van der Waals surface area contributed by atoms with Crippen LogP contribution in [0, 0.1) is 0 Å². The Hall–Kier alpha value is -1.87. The molecule has 1 unspecified atom stereocenters. The summed E-state index contributed by atoms with van der Waals surface area (Å²) >= 11 is 0. The van der Waals surface area contributed by atoms with Gasteiger partial charge in [0.15, 0.2) is 0 Å². The summed E-state index contributed by atoms with van der Waals surface area (Å²) in [7, 11) is 0. The van der Waals surface area contributed by atoms with Gasteiger partial charge in [-0.05, 0) is 42.7 Å². The number of aromatic nitrogens is 1. The lowest BCUT2D eigenvalue weighted by Gasteiger charge is -2.15. The topological polar surface area (TPSA) is 45.2 Å². The van der Waals surface area contributed by atoms with Crippen LogP contribution < -0.4 is 5.32 Å². The number of hydrogen-bond acceptors (Lipinski definition) is 3. The summed E-state index contributed by atoms with van der Waals surface area (Å²) in [6.07, 6.45) is 2.83. The maximum atomic E-state index is 9.28. The Labute approximate surface area is 114 Å². The smallest absolute Gasteiger partial charge is 0.115 e. The predicted octanol–water partition coefficient (Wildman–Crippen LogP) is 3.20. The molecule has 0 radical (unpaired) electrons. The Morgan fingerprint density at radius 2 is 1.95 bits per heavy atom. The fourth-order valence-electron chi connectivity index (χ4n) is 2.08. The maximum Gasteiger partial charge on any atom is 0.115 e. The maximum absolute atomic E-state index is 9.28. The van der Waals surface area contributed by atoms with E-state index in [0.717, 1.165) is 24.2 Å². The van der Waals surface area contributed by atoms with E-state index < -0.39 is 0 Å². The second-order valence-electron chi connectivity index (χ2n) is 4.66. The van der Waals surface area contributed by atoms with E-state index in [2.05, 4.69) is 30.2 Å². The van der Waals surface area contributed by atoms with E-state index in [-0.39, 0.29) is 6.04 Å². The van der Waals surface area contributed by atoms with E-state index in [1.165, 1.54) is 5.56 Å². The lowest BCUT2D eigenvalue weighted by molar-refractivity contribution is 0.474. The number of nitrogens with one attached hydrogen (secondary N) is 1. The zero-order valence-electron chi connectivity index (χ0n) is 11.4. The number of nitrogens with zero attached hydrogens (tertiary/aromatic N) is 1. The summed E-state index contributed by atoms with van der Waals surface area (Å²) in [4.78, 5) is 4.43. The summed E-state index contributed by atoms with van der Waals surface area (Å²) in [5.41, 5.74) is 3.55. The number of benzene rings is 1. The number of rotatable bonds is 5. The molecule has 1 atom stereocenters. The molecule has 3 heteroatoms. The SMILES string of the molecule is CCc1cccnc1CNC(C)c1ccc(O)cc1. The molecule has 1 aromatic carbocycles. The number of hydrogen-bond donors (Lipinski definition) is 2. The minimum absolute atomic E-state index is 0.229. The van der Waals surface area contributed by atoms with Crippen molar-refractivity contribution in [2.75, 3.05) is 0 Å². The summed E-state index contributed by atoms with van der Waals surface area (Å²) in [5.74, 6) is 0.300. The van der Waals surface area contributed by atoms with Crippen molar-refractivity contribution in [3.63, 3.8) is 0 Å². The van der Waals surface area contributed by atoms with Crippen molar-refractivity contribution in [3.05, 3.63) is 59.4 Å². The summed E-state index contributed by atoms with van der Waals surface area (Å²) < 4.78 is 0. The molecule has 0 fully saturated rings. The number of phenolic OH excluding ortho intramolecular Hbond substituents is 1. The average molecular weight is 256 g/mol. The Morgan fingerprint density at radius 1 is 1.21 bits per heavy atom. The molecule has 0 saturated carbocycles. The van der Waals surface area contributed by atoms with E-state index in [0.29, 0.717) is 5.75 Å². The molecular formula is C16H20N2O. The van der Waals surface area contributed by atoms with Crippen LogP contribution in [0.15, 0.2) is 42.6 Å². The zero-order chi connectivity index (χ0) is 13.7. The summed E-state index contributed by atoms with van der Waals surface area (Å²) in [6, 6.07) is 11.6. The molecule has 0 aliphatic rings. The van der Waals surface area contributed by atoms with Crippen molar-refractivity contribution in [2.24, 2.45) is 0 Å². The first-order valence-corrected chi connectivity index (χ1v) is 6.65. The van der Waals surface area contributed by atoms with Gasteiger partial charge in [-0.15, -0.1) is 0 Å². The molecule has 0 amide bonds. The molecule has 2 aromatic rings. The van der Waals surface area contributed by atoms with Crippen LogP contribution in [-0.2, 0) is 13.0 Å². The minimum Gasteiger partial charge on any atom is -0.508 e. The van der Waals surface area contributed by atoms with Crippen LogP contribution in [0.25, 0.3) is 0 Å². The van der Waals surface area contributed by atoms with Gasteiger partial charge in [-0.25, -0.2) is 0 Å². The lowest BCUT2D eigenvalue weighted by atomic mass is 10.1. The fraction of sp³-hybridized carbons (Fsp3) is 0.312. The van der Waals surface area contributed by atoms with Gasteiger partial charge >= 0.3 is 0 Å². The van der Waals surface area contributed by atoms with E-state index in [1.54, 1.807) is 12.1 Å². The number of aromatic hydroxyl groups is 1. The Kier molecular flexibility index (Phi) is 4.53. The van der Waals surface area contributed by atoms with Crippen LogP contribution in [0.1, 0.15) is 36.7 Å². The Bertz CT molecular complexity index is 523. The van der Waals surface area contributed by atoms with Gasteiger partial charge in [0.25, 0.3) is 0 Å².